The molecule has 1 aliphatic heterocycles. The monoisotopic (exact) mass is 307 g/mol. The summed E-state index contributed by atoms with van der Waals surface area (Å²) >= 11 is 0. The average molecular weight is 307 g/mol. The van der Waals surface area contributed by atoms with Crippen LogP contribution in [0, 0.1) is 0 Å². The fourth-order valence-corrected chi connectivity index (χ4v) is 4.38. The number of rotatable bonds is 2. The van der Waals surface area contributed by atoms with Crippen LogP contribution < -0.4 is 5.56 Å². The maximum Gasteiger partial charge on any atom is 0.261 e. The summed E-state index contributed by atoms with van der Waals surface area (Å²) in [5.74, 6) is 3.11. The Balaban J connectivity index is 1.94. The summed E-state index contributed by atoms with van der Waals surface area (Å²) in [5, 5.41) is 0.695. The van der Waals surface area contributed by atoms with Gasteiger partial charge in [-0.1, -0.05) is 33.7 Å². The van der Waals surface area contributed by atoms with E-state index in [-0.39, 0.29) is 5.56 Å². The molecule has 0 atom stereocenters. The van der Waals surface area contributed by atoms with Crippen LogP contribution in [-0.4, -0.2) is 39.0 Å². The van der Waals surface area contributed by atoms with Gasteiger partial charge in [0.1, 0.15) is 5.82 Å². The van der Waals surface area contributed by atoms with Gasteiger partial charge < -0.3 is 0 Å². The normalized spacial score (nSPS) is 17.2. The Morgan fingerprint density at radius 1 is 1.20 bits per heavy atom. The van der Waals surface area contributed by atoms with Crippen molar-refractivity contribution in [3.63, 3.8) is 0 Å². The molecule has 1 aliphatic rings. The molecule has 0 spiro atoms. The summed E-state index contributed by atoms with van der Waals surface area (Å²) in [5.41, 5.74) is 0.841. The minimum atomic E-state index is 0.0455. The van der Waals surface area contributed by atoms with E-state index in [2.05, 4.69) is 9.88 Å². The Hall–Kier alpha value is -0.980. The molecular weight excluding hydrogens is 290 g/mol. The molecule has 1 aromatic heterocycles. The van der Waals surface area contributed by atoms with E-state index in [0.29, 0.717) is 5.39 Å². The predicted octanol–water partition coefficient (Wildman–Crippen LogP) is 2.13. The zero-order valence-electron chi connectivity index (χ0n) is 11.4. The van der Waals surface area contributed by atoms with E-state index >= 15 is 0 Å². The molecule has 0 N–H and O–H groups in total. The summed E-state index contributed by atoms with van der Waals surface area (Å²) in [6.07, 6.45) is 0. The number of hydrogen-bond acceptors (Lipinski definition) is 5. The molecule has 1 fully saturated rings. The summed E-state index contributed by atoms with van der Waals surface area (Å²) in [7, 11) is 5.67. The molecule has 2 aromatic rings. The summed E-state index contributed by atoms with van der Waals surface area (Å²) in [6.45, 7) is 2.86. The molecular formula is C14H17N3OS2. The van der Waals surface area contributed by atoms with E-state index in [0.717, 1.165) is 42.5 Å². The van der Waals surface area contributed by atoms with Gasteiger partial charge >= 0.3 is 0 Å². The SMILES string of the molecule is Cn1c(CN2CCSSCC2)nc2ccccc2c1=O. The smallest absolute Gasteiger partial charge is 0.261 e. The van der Waals surface area contributed by atoms with Crippen LogP contribution in [0.25, 0.3) is 10.9 Å². The van der Waals surface area contributed by atoms with Crippen molar-refractivity contribution in [2.45, 2.75) is 6.54 Å². The van der Waals surface area contributed by atoms with Crippen molar-refractivity contribution < 1.29 is 0 Å². The molecule has 0 radical (unpaired) electrons. The molecule has 0 amide bonds. The lowest BCUT2D eigenvalue weighted by Crippen LogP contribution is -2.31. The fourth-order valence-electron chi connectivity index (χ4n) is 2.33. The van der Waals surface area contributed by atoms with Gasteiger partial charge in [0.25, 0.3) is 5.56 Å². The second-order valence-electron chi connectivity index (χ2n) is 4.83. The number of benzene rings is 1. The Kier molecular flexibility index (Phi) is 4.33. The minimum Gasteiger partial charge on any atom is -0.298 e. The zero-order chi connectivity index (χ0) is 13.9. The first-order chi connectivity index (χ1) is 9.75. The Morgan fingerprint density at radius 2 is 1.90 bits per heavy atom. The highest BCUT2D eigenvalue weighted by Gasteiger charge is 2.14. The lowest BCUT2D eigenvalue weighted by molar-refractivity contribution is 0.289. The van der Waals surface area contributed by atoms with Crippen molar-refractivity contribution in [3.8, 4) is 0 Å². The molecule has 0 saturated carbocycles. The van der Waals surface area contributed by atoms with Crippen molar-refractivity contribution >= 4 is 32.5 Å². The van der Waals surface area contributed by atoms with E-state index in [4.69, 9.17) is 0 Å². The number of fused-ring (bicyclic) bond motifs is 1. The molecule has 3 rings (SSSR count). The van der Waals surface area contributed by atoms with Crippen LogP contribution in [-0.2, 0) is 13.6 Å². The van der Waals surface area contributed by atoms with Gasteiger partial charge in [-0.2, -0.15) is 0 Å². The maximum atomic E-state index is 12.4. The van der Waals surface area contributed by atoms with E-state index in [9.17, 15) is 4.79 Å². The molecule has 2 heterocycles. The van der Waals surface area contributed by atoms with Crippen LogP contribution in [0.15, 0.2) is 29.1 Å². The van der Waals surface area contributed by atoms with Gasteiger partial charge in [-0.25, -0.2) is 4.98 Å². The Labute approximate surface area is 126 Å². The third-order valence-electron chi connectivity index (χ3n) is 3.51. The number of para-hydroxylation sites is 1. The number of nitrogens with zero attached hydrogens (tertiary/aromatic N) is 3. The lowest BCUT2D eigenvalue weighted by atomic mass is 10.2. The molecule has 0 aliphatic carbocycles. The number of hydrogen-bond donors (Lipinski definition) is 0. The summed E-state index contributed by atoms with van der Waals surface area (Å²) < 4.78 is 1.69. The van der Waals surface area contributed by atoms with Gasteiger partial charge in [0.2, 0.25) is 0 Å². The van der Waals surface area contributed by atoms with E-state index in [1.54, 1.807) is 4.57 Å². The molecule has 1 aromatic carbocycles. The highest BCUT2D eigenvalue weighted by Crippen LogP contribution is 2.24. The second-order valence-corrected chi connectivity index (χ2v) is 7.53. The van der Waals surface area contributed by atoms with E-state index < -0.39 is 0 Å². The van der Waals surface area contributed by atoms with Gasteiger partial charge in [-0.05, 0) is 12.1 Å². The lowest BCUT2D eigenvalue weighted by Gasteiger charge is -2.20. The van der Waals surface area contributed by atoms with Crippen LogP contribution in [0.1, 0.15) is 5.82 Å². The highest BCUT2D eigenvalue weighted by molar-refractivity contribution is 8.76. The molecule has 1 saturated heterocycles. The Bertz CT molecular complexity index is 663. The molecule has 0 bridgehead atoms. The first-order valence-electron chi connectivity index (χ1n) is 6.67. The van der Waals surface area contributed by atoms with Crippen molar-refractivity contribution in [2.24, 2.45) is 7.05 Å². The van der Waals surface area contributed by atoms with Gasteiger partial charge in [0.15, 0.2) is 0 Å². The average Bonchev–Trinajstić information content (AvgIpc) is 2.73. The summed E-state index contributed by atoms with van der Waals surface area (Å²) in [6, 6.07) is 7.56. The molecule has 20 heavy (non-hydrogen) atoms. The van der Waals surface area contributed by atoms with Crippen LogP contribution in [0.2, 0.25) is 0 Å². The summed E-state index contributed by atoms with van der Waals surface area (Å²) in [4.78, 5) is 19.4. The van der Waals surface area contributed by atoms with Crippen molar-refractivity contribution in [3.05, 3.63) is 40.4 Å². The van der Waals surface area contributed by atoms with Gasteiger partial charge in [0, 0.05) is 31.6 Å². The molecule has 0 unspecified atom stereocenters. The zero-order valence-corrected chi connectivity index (χ0v) is 13.0. The van der Waals surface area contributed by atoms with Crippen molar-refractivity contribution in [2.75, 3.05) is 24.6 Å². The maximum absolute atomic E-state index is 12.4. The van der Waals surface area contributed by atoms with Crippen LogP contribution in [0.4, 0.5) is 0 Å². The largest absolute Gasteiger partial charge is 0.298 e. The molecule has 106 valence electrons. The highest BCUT2D eigenvalue weighted by atomic mass is 33.1. The van der Waals surface area contributed by atoms with Gasteiger partial charge in [-0.15, -0.1) is 0 Å². The first-order valence-corrected chi connectivity index (χ1v) is 9.16. The quantitative estimate of drug-likeness (QED) is 0.795. The fraction of sp³-hybridized carbons (Fsp3) is 0.429. The van der Waals surface area contributed by atoms with Gasteiger partial charge in [0.05, 0.1) is 17.4 Å². The second kappa shape index (κ2) is 6.20. The van der Waals surface area contributed by atoms with E-state index in [1.165, 1.54) is 0 Å². The van der Waals surface area contributed by atoms with Crippen molar-refractivity contribution in [1.29, 1.82) is 0 Å². The predicted molar refractivity (Wildman–Crippen MR) is 87.2 cm³/mol. The van der Waals surface area contributed by atoms with Crippen LogP contribution >= 0.6 is 21.6 Å². The first kappa shape index (κ1) is 14.0. The van der Waals surface area contributed by atoms with Crippen molar-refractivity contribution in [1.82, 2.24) is 14.5 Å². The standard InChI is InChI=1S/C14H17N3OS2/c1-16-13(10-17-6-8-19-20-9-7-17)15-12-5-3-2-4-11(12)14(16)18/h2-5H,6-10H2,1H3. The van der Waals surface area contributed by atoms with Crippen LogP contribution in [0.3, 0.4) is 0 Å². The Morgan fingerprint density at radius 3 is 2.65 bits per heavy atom. The number of aromatic nitrogens is 2. The minimum absolute atomic E-state index is 0.0455. The molecule has 6 heteroatoms. The third-order valence-corrected chi connectivity index (χ3v) is 5.87. The van der Waals surface area contributed by atoms with Gasteiger partial charge in [-0.3, -0.25) is 14.3 Å². The third kappa shape index (κ3) is 2.87. The van der Waals surface area contributed by atoms with E-state index in [1.807, 2.05) is 52.9 Å². The topological polar surface area (TPSA) is 38.1 Å². The molecule has 4 nitrogen and oxygen atoms in total. The van der Waals surface area contributed by atoms with Crippen LogP contribution in [0.5, 0.6) is 0 Å².